The summed E-state index contributed by atoms with van der Waals surface area (Å²) in [6, 6.07) is 17.1. The highest BCUT2D eigenvalue weighted by molar-refractivity contribution is 5.88. The molecular weight excluding hydrogens is 280 g/mol. The quantitative estimate of drug-likeness (QED) is 0.581. The van der Waals surface area contributed by atoms with Crippen molar-refractivity contribution in [2.24, 2.45) is 5.10 Å². The van der Waals surface area contributed by atoms with Crippen LogP contribution < -0.4 is 10.2 Å². The number of carbonyl (C=O) groups is 1. The Bertz CT molecular complexity index is 789. The van der Waals surface area contributed by atoms with Crippen molar-refractivity contribution < 1.29 is 13.9 Å². The summed E-state index contributed by atoms with van der Waals surface area (Å²) < 4.78 is 10.6. The molecule has 1 heterocycles. The minimum absolute atomic E-state index is 0.108. The predicted octanol–water partition coefficient (Wildman–Crippen LogP) is 2.96. The number of rotatable bonds is 5. The van der Waals surface area contributed by atoms with Gasteiger partial charge in [-0.25, -0.2) is 5.43 Å². The van der Waals surface area contributed by atoms with Gasteiger partial charge in [0.05, 0.1) is 12.5 Å². The summed E-state index contributed by atoms with van der Waals surface area (Å²) >= 11 is 0. The zero-order chi connectivity index (χ0) is 15.2. The number of nitrogens with zero attached hydrogens (tertiary/aromatic N) is 1. The van der Waals surface area contributed by atoms with E-state index in [0.717, 1.165) is 10.8 Å². The van der Waals surface area contributed by atoms with E-state index in [1.807, 2.05) is 42.5 Å². The third kappa shape index (κ3) is 3.32. The Morgan fingerprint density at radius 3 is 2.86 bits per heavy atom. The largest absolute Gasteiger partial charge is 0.483 e. The van der Waals surface area contributed by atoms with Gasteiger partial charge in [-0.2, -0.15) is 5.10 Å². The Balaban J connectivity index is 1.58. The molecule has 0 unspecified atom stereocenters. The Labute approximate surface area is 127 Å². The monoisotopic (exact) mass is 294 g/mol. The van der Waals surface area contributed by atoms with Gasteiger partial charge in [0.15, 0.2) is 6.61 Å². The molecule has 110 valence electrons. The summed E-state index contributed by atoms with van der Waals surface area (Å²) in [4.78, 5) is 11.7. The lowest BCUT2D eigenvalue weighted by Crippen LogP contribution is -2.24. The molecule has 3 rings (SSSR count). The SMILES string of the molecule is O=C(COc1cccc2ccccc12)N/N=C\c1ccco1. The van der Waals surface area contributed by atoms with E-state index < -0.39 is 0 Å². The first kappa shape index (κ1) is 13.9. The number of hydrogen-bond acceptors (Lipinski definition) is 4. The van der Waals surface area contributed by atoms with Crippen molar-refractivity contribution in [3.8, 4) is 5.75 Å². The smallest absolute Gasteiger partial charge is 0.277 e. The first-order chi connectivity index (χ1) is 10.8. The molecule has 0 aliphatic heterocycles. The van der Waals surface area contributed by atoms with Crippen LogP contribution in [0.1, 0.15) is 5.76 Å². The molecule has 0 radical (unpaired) electrons. The molecule has 0 atom stereocenters. The van der Waals surface area contributed by atoms with Gasteiger partial charge in [-0.3, -0.25) is 4.79 Å². The van der Waals surface area contributed by atoms with Crippen LogP contribution in [-0.4, -0.2) is 18.7 Å². The second kappa shape index (κ2) is 6.58. The maximum atomic E-state index is 11.7. The number of nitrogens with one attached hydrogen (secondary N) is 1. The number of carbonyl (C=O) groups excluding carboxylic acids is 1. The molecular formula is C17H14N2O3. The van der Waals surface area contributed by atoms with Gasteiger partial charge in [0.2, 0.25) is 0 Å². The van der Waals surface area contributed by atoms with E-state index in [4.69, 9.17) is 9.15 Å². The average molecular weight is 294 g/mol. The summed E-state index contributed by atoms with van der Waals surface area (Å²) in [5.74, 6) is 0.897. The van der Waals surface area contributed by atoms with Crippen molar-refractivity contribution in [3.05, 3.63) is 66.6 Å². The molecule has 1 aromatic heterocycles. The summed E-state index contributed by atoms with van der Waals surface area (Å²) in [6.07, 6.45) is 2.96. The predicted molar refractivity (Wildman–Crippen MR) is 83.9 cm³/mol. The summed E-state index contributed by atoms with van der Waals surface area (Å²) in [7, 11) is 0. The van der Waals surface area contributed by atoms with Crippen molar-refractivity contribution in [2.75, 3.05) is 6.61 Å². The minimum atomic E-state index is -0.337. The number of amides is 1. The lowest BCUT2D eigenvalue weighted by Gasteiger charge is -2.08. The molecule has 0 aliphatic carbocycles. The van der Waals surface area contributed by atoms with Crippen LogP contribution in [0.5, 0.6) is 5.75 Å². The normalized spacial score (nSPS) is 10.9. The highest BCUT2D eigenvalue weighted by Gasteiger charge is 2.04. The highest BCUT2D eigenvalue weighted by Crippen LogP contribution is 2.24. The van der Waals surface area contributed by atoms with E-state index in [0.29, 0.717) is 11.5 Å². The van der Waals surface area contributed by atoms with E-state index in [9.17, 15) is 4.79 Å². The third-order valence-corrected chi connectivity index (χ3v) is 3.03. The van der Waals surface area contributed by atoms with E-state index in [1.165, 1.54) is 12.5 Å². The average Bonchev–Trinajstić information content (AvgIpc) is 3.06. The lowest BCUT2D eigenvalue weighted by atomic mass is 10.1. The van der Waals surface area contributed by atoms with Crippen molar-refractivity contribution in [1.29, 1.82) is 0 Å². The number of furan rings is 1. The topological polar surface area (TPSA) is 63.8 Å². The van der Waals surface area contributed by atoms with Crippen LogP contribution in [0, 0.1) is 0 Å². The summed E-state index contributed by atoms with van der Waals surface area (Å²) in [5.41, 5.74) is 2.38. The molecule has 5 nitrogen and oxygen atoms in total. The summed E-state index contributed by atoms with van der Waals surface area (Å²) in [5, 5.41) is 5.83. The zero-order valence-corrected chi connectivity index (χ0v) is 11.7. The molecule has 0 saturated carbocycles. The second-order valence-corrected chi connectivity index (χ2v) is 4.57. The highest BCUT2D eigenvalue weighted by atomic mass is 16.5. The van der Waals surface area contributed by atoms with Crippen molar-refractivity contribution >= 4 is 22.9 Å². The first-order valence-electron chi connectivity index (χ1n) is 6.79. The third-order valence-electron chi connectivity index (χ3n) is 3.03. The lowest BCUT2D eigenvalue weighted by molar-refractivity contribution is -0.123. The fourth-order valence-corrected chi connectivity index (χ4v) is 2.03. The van der Waals surface area contributed by atoms with Gasteiger partial charge in [-0.1, -0.05) is 36.4 Å². The molecule has 0 spiro atoms. The Morgan fingerprint density at radius 1 is 1.14 bits per heavy atom. The van der Waals surface area contributed by atoms with Crippen LogP contribution in [0.25, 0.3) is 10.8 Å². The number of hydrogen-bond donors (Lipinski definition) is 1. The minimum Gasteiger partial charge on any atom is -0.483 e. The Hall–Kier alpha value is -3.08. The number of ether oxygens (including phenoxy) is 1. The van der Waals surface area contributed by atoms with E-state index in [2.05, 4.69) is 10.5 Å². The van der Waals surface area contributed by atoms with Crippen LogP contribution >= 0.6 is 0 Å². The molecule has 5 heteroatoms. The fraction of sp³-hybridized carbons (Fsp3) is 0.0588. The molecule has 1 N–H and O–H groups in total. The molecule has 2 aromatic carbocycles. The van der Waals surface area contributed by atoms with Crippen LogP contribution in [-0.2, 0) is 4.79 Å². The number of hydrazone groups is 1. The molecule has 3 aromatic rings. The standard InChI is InChI=1S/C17H14N2O3/c20-17(19-18-11-14-7-4-10-21-14)12-22-16-9-3-6-13-5-1-2-8-15(13)16/h1-11H,12H2,(H,19,20)/b18-11-. The molecule has 0 saturated heterocycles. The summed E-state index contributed by atoms with van der Waals surface area (Å²) in [6.45, 7) is -0.108. The Kier molecular flexibility index (Phi) is 4.15. The van der Waals surface area contributed by atoms with Crippen LogP contribution in [0.4, 0.5) is 0 Å². The van der Waals surface area contributed by atoms with E-state index in [-0.39, 0.29) is 12.5 Å². The van der Waals surface area contributed by atoms with Gasteiger partial charge in [0.25, 0.3) is 5.91 Å². The molecule has 0 aliphatic rings. The van der Waals surface area contributed by atoms with Crippen LogP contribution in [0.15, 0.2) is 70.4 Å². The van der Waals surface area contributed by atoms with E-state index in [1.54, 1.807) is 12.1 Å². The van der Waals surface area contributed by atoms with Crippen LogP contribution in [0.2, 0.25) is 0 Å². The second-order valence-electron chi connectivity index (χ2n) is 4.57. The fourth-order valence-electron chi connectivity index (χ4n) is 2.03. The first-order valence-corrected chi connectivity index (χ1v) is 6.79. The Morgan fingerprint density at radius 2 is 2.00 bits per heavy atom. The van der Waals surface area contributed by atoms with Gasteiger partial charge >= 0.3 is 0 Å². The maximum absolute atomic E-state index is 11.7. The molecule has 0 bridgehead atoms. The number of fused-ring (bicyclic) bond motifs is 1. The molecule has 22 heavy (non-hydrogen) atoms. The zero-order valence-electron chi connectivity index (χ0n) is 11.7. The maximum Gasteiger partial charge on any atom is 0.277 e. The van der Waals surface area contributed by atoms with Gasteiger partial charge in [0, 0.05) is 5.39 Å². The van der Waals surface area contributed by atoms with Crippen LogP contribution in [0.3, 0.4) is 0 Å². The van der Waals surface area contributed by atoms with Gasteiger partial charge in [0.1, 0.15) is 11.5 Å². The molecule has 1 amide bonds. The number of benzene rings is 2. The van der Waals surface area contributed by atoms with Gasteiger partial charge < -0.3 is 9.15 Å². The van der Waals surface area contributed by atoms with Gasteiger partial charge in [-0.05, 0) is 23.6 Å². The van der Waals surface area contributed by atoms with Crippen molar-refractivity contribution in [1.82, 2.24) is 5.43 Å². The molecule has 0 fully saturated rings. The van der Waals surface area contributed by atoms with E-state index >= 15 is 0 Å². The van der Waals surface area contributed by atoms with Crippen molar-refractivity contribution in [3.63, 3.8) is 0 Å². The van der Waals surface area contributed by atoms with Gasteiger partial charge in [-0.15, -0.1) is 0 Å². The van der Waals surface area contributed by atoms with Crippen molar-refractivity contribution in [2.45, 2.75) is 0 Å².